The van der Waals surface area contributed by atoms with Crippen molar-refractivity contribution in [2.45, 2.75) is 34.0 Å². The van der Waals surface area contributed by atoms with Gasteiger partial charge in [0.15, 0.2) is 6.29 Å². The maximum atomic E-state index is 8.69. The van der Waals surface area contributed by atoms with Crippen LogP contribution >= 0.6 is 0 Å². The average molecular weight is 132 g/mol. The van der Waals surface area contributed by atoms with Crippen LogP contribution in [0.2, 0.25) is 0 Å². The molecule has 0 aliphatic carbocycles. The molecule has 0 heterocycles. The molecule has 0 amide bonds. The van der Waals surface area contributed by atoms with E-state index in [1.54, 1.807) is 6.92 Å². The van der Waals surface area contributed by atoms with E-state index in [0.717, 1.165) is 0 Å². The van der Waals surface area contributed by atoms with Gasteiger partial charge in [-0.05, 0) is 12.3 Å². The van der Waals surface area contributed by atoms with Crippen molar-refractivity contribution < 1.29 is 9.84 Å². The number of aliphatic hydroxyl groups is 1. The van der Waals surface area contributed by atoms with Crippen LogP contribution in [0, 0.1) is 5.41 Å². The van der Waals surface area contributed by atoms with E-state index in [1.807, 2.05) is 0 Å². The van der Waals surface area contributed by atoms with Crippen molar-refractivity contribution in [1.82, 2.24) is 0 Å². The highest BCUT2D eigenvalue weighted by Gasteiger charge is 2.10. The van der Waals surface area contributed by atoms with Crippen LogP contribution in [0.4, 0.5) is 0 Å². The lowest BCUT2D eigenvalue weighted by atomic mass is 9.99. The maximum absolute atomic E-state index is 8.69. The third-order valence-corrected chi connectivity index (χ3v) is 0.758. The van der Waals surface area contributed by atoms with Gasteiger partial charge in [0.1, 0.15) is 0 Å². The molecule has 2 nitrogen and oxygen atoms in total. The van der Waals surface area contributed by atoms with Gasteiger partial charge in [0.25, 0.3) is 0 Å². The van der Waals surface area contributed by atoms with Crippen LogP contribution in [0.1, 0.15) is 27.7 Å². The molecule has 56 valence electrons. The zero-order chi connectivity index (χ0) is 7.49. The van der Waals surface area contributed by atoms with Crippen molar-refractivity contribution in [3.05, 3.63) is 0 Å². The van der Waals surface area contributed by atoms with Gasteiger partial charge in [-0.1, -0.05) is 20.8 Å². The summed E-state index contributed by atoms with van der Waals surface area (Å²) in [6.07, 6.45) is -0.635. The normalized spacial score (nSPS) is 15.7. The zero-order valence-electron chi connectivity index (χ0n) is 6.64. The molecule has 2 heteroatoms. The Morgan fingerprint density at radius 3 is 2.00 bits per heavy atom. The first-order valence-corrected chi connectivity index (χ1v) is 3.21. The molecule has 0 aromatic rings. The molecule has 0 aromatic heterocycles. The molecular weight excluding hydrogens is 116 g/mol. The molecule has 0 saturated carbocycles. The fraction of sp³-hybridized carbons (Fsp3) is 1.00. The first-order chi connectivity index (χ1) is 3.92. The first kappa shape index (κ1) is 8.92. The monoisotopic (exact) mass is 132 g/mol. The second kappa shape index (κ2) is 3.18. The second-order valence-electron chi connectivity index (χ2n) is 3.47. The summed E-state index contributed by atoms with van der Waals surface area (Å²) in [7, 11) is 0. The van der Waals surface area contributed by atoms with E-state index in [2.05, 4.69) is 20.8 Å². The molecule has 1 atom stereocenters. The second-order valence-corrected chi connectivity index (χ2v) is 3.47. The standard InChI is InChI=1S/C7H16O2/c1-6(8)9-5-7(2,3)4/h6,8H,5H2,1-4H3. The van der Waals surface area contributed by atoms with Crippen LogP contribution in [0.5, 0.6) is 0 Å². The highest BCUT2D eigenvalue weighted by Crippen LogP contribution is 2.13. The molecule has 0 rings (SSSR count). The predicted molar refractivity (Wildman–Crippen MR) is 37.1 cm³/mol. The van der Waals surface area contributed by atoms with Crippen molar-refractivity contribution in [3.63, 3.8) is 0 Å². The number of hydrogen-bond donors (Lipinski definition) is 1. The Balaban J connectivity index is 3.28. The summed E-state index contributed by atoms with van der Waals surface area (Å²) < 4.78 is 4.96. The average Bonchev–Trinajstić information content (AvgIpc) is 1.59. The summed E-state index contributed by atoms with van der Waals surface area (Å²) in [5, 5.41) is 8.69. The number of rotatable bonds is 2. The highest BCUT2D eigenvalue weighted by molar-refractivity contribution is 4.58. The van der Waals surface area contributed by atoms with Crippen LogP contribution in [0.3, 0.4) is 0 Å². The van der Waals surface area contributed by atoms with E-state index >= 15 is 0 Å². The van der Waals surface area contributed by atoms with Crippen molar-refractivity contribution in [3.8, 4) is 0 Å². The van der Waals surface area contributed by atoms with E-state index in [0.29, 0.717) is 6.61 Å². The maximum Gasteiger partial charge on any atom is 0.151 e. The van der Waals surface area contributed by atoms with Gasteiger partial charge in [-0.2, -0.15) is 0 Å². The van der Waals surface area contributed by atoms with Crippen LogP contribution in [-0.4, -0.2) is 18.0 Å². The molecule has 0 aromatic carbocycles. The molecule has 9 heavy (non-hydrogen) atoms. The zero-order valence-corrected chi connectivity index (χ0v) is 6.64. The van der Waals surface area contributed by atoms with Gasteiger partial charge in [-0.15, -0.1) is 0 Å². The van der Waals surface area contributed by atoms with Gasteiger partial charge < -0.3 is 9.84 Å². The van der Waals surface area contributed by atoms with Crippen LogP contribution in [0.15, 0.2) is 0 Å². The van der Waals surface area contributed by atoms with Crippen molar-refractivity contribution in [1.29, 1.82) is 0 Å². The van der Waals surface area contributed by atoms with E-state index in [4.69, 9.17) is 9.84 Å². The molecule has 0 radical (unpaired) electrons. The summed E-state index contributed by atoms with van der Waals surface area (Å²) in [6, 6.07) is 0. The molecule has 0 bridgehead atoms. The Hall–Kier alpha value is -0.0800. The summed E-state index contributed by atoms with van der Waals surface area (Å²) >= 11 is 0. The molecule has 0 aliphatic heterocycles. The molecular formula is C7H16O2. The Labute approximate surface area is 56.8 Å². The minimum Gasteiger partial charge on any atom is -0.368 e. The number of ether oxygens (including phenoxy) is 1. The van der Waals surface area contributed by atoms with Crippen molar-refractivity contribution >= 4 is 0 Å². The first-order valence-electron chi connectivity index (χ1n) is 3.21. The lowest BCUT2D eigenvalue weighted by Gasteiger charge is -2.18. The third-order valence-electron chi connectivity index (χ3n) is 0.758. The highest BCUT2D eigenvalue weighted by atomic mass is 16.6. The van der Waals surface area contributed by atoms with Gasteiger partial charge in [-0.3, -0.25) is 0 Å². The number of hydrogen-bond acceptors (Lipinski definition) is 2. The van der Waals surface area contributed by atoms with Gasteiger partial charge in [-0.25, -0.2) is 0 Å². The van der Waals surface area contributed by atoms with E-state index in [1.165, 1.54) is 0 Å². The predicted octanol–water partition coefficient (Wildman–Crippen LogP) is 1.39. The lowest BCUT2D eigenvalue weighted by Crippen LogP contribution is -2.19. The van der Waals surface area contributed by atoms with E-state index in [9.17, 15) is 0 Å². The quantitative estimate of drug-likeness (QED) is 0.575. The Bertz CT molecular complexity index is 71.5. The fourth-order valence-corrected chi connectivity index (χ4v) is 0.371. The summed E-state index contributed by atoms with van der Waals surface area (Å²) in [4.78, 5) is 0. The smallest absolute Gasteiger partial charge is 0.151 e. The molecule has 1 unspecified atom stereocenters. The van der Waals surface area contributed by atoms with E-state index < -0.39 is 6.29 Å². The number of aliphatic hydroxyl groups excluding tert-OH is 1. The van der Waals surface area contributed by atoms with E-state index in [-0.39, 0.29) is 5.41 Å². The Morgan fingerprint density at radius 1 is 1.44 bits per heavy atom. The SMILES string of the molecule is CC(O)OCC(C)(C)C. The van der Waals surface area contributed by atoms with Crippen LogP contribution in [0.25, 0.3) is 0 Å². The Kier molecular flexibility index (Phi) is 3.15. The third kappa shape index (κ3) is 7.92. The minimum absolute atomic E-state index is 0.150. The molecule has 0 aliphatic rings. The topological polar surface area (TPSA) is 29.5 Å². The van der Waals surface area contributed by atoms with Gasteiger partial charge in [0.05, 0.1) is 6.61 Å². The summed E-state index contributed by atoms with van der Waals surface area (Å²) in [6.45, 7) is 8.41. The van der Waals surface area contributed by atoms with Gasteiger partial charge in [0.2, 0.25) is 0 Å². The summed E-state index contributed by atoms with van der Waals surface area (Å²) in [5.74, 6) is 0. The van der Waals surface area contributed by atoms with Gasteiger partial charge >= 0.3 is 0 Å². The molecule has 1 N–H and O–H groups in total. The van der Waals surface area contributed by atoms with Crippen LogP contribution < -0.4 is 0 Å². The van der Waals surface area contributed by atoms with Crippen molar-refractivity contribution in [2.24, 2.45) is 5.41 Å². The van der Waals surface area contributed by atoms with Crippen LogP contribution in [-0.2, 0) is 4.74 Å². The van der Waals surface area contributed by atoms with Gasteiger partial charge in [0, 0.05) is 0 Å². The largest absolute Gasteiger partial charge is 0.368 e. The molecule has 0 fully saturated rings. The Morgan fingerprint density at radius 2 is 1.89 bits per heavy atom. The minimum atomic E-state index is -0.635. The summed E-state index contributed by atoms with van der Waals surface area (Å²) in [5.41, 5.74) is 0.150. The fourth-order valence-electron chi connectivity index (χ4n) is 0.371. The lowest BCUT2D eigenvalue weighted by molar-refractivity contribution is -0.106. The van der Waals surface area contributed by atoms with Crippen molar-refractivity contribution in [2.75, 3.05) is 6.61 Å². The molecule has 0 saturated heterocycles. The molecule has 0 spiro atoms.